The van der Waals surface area contributed by atoms with Gasteiger partial charge in [-0.1, -0.05) is 43.7 Å². The van der Waals surface area contributed by atoms with Gasteiger partial charge in [0.25, 0.3) is 0 Å². The predicted molar refractivity (Wildman–Crippen MR) is 78.9 cm³/mol. The Morgan fingerprint density at radius 3 is 2.75 bits per heavy atom. The zero-order valence-corrected chi connectivity index (χ0v) is 12.2. The van der Waals surface area contributed by atoms with Crippen molar-refractivity contribution in [2.75, 3.05) is 0 Å². The Morgan fingerprint density at radius 2 is 1.95 bits per heavy atom. The molecule has 20 heavy (non-hydrogen) atoms. The van der Waals surface area contributed by atoms with E-state index in [2.05, 4.69) is 9.97 Å². The van der Waals surface area contributed by atoms with Crippen LogP contribution >= 0.6 is 11.6 Å². The van der Waals surface area contributed by atoms with Crippen LogP contribution in [0.1, 0.15) is 44.2 Å². The van der Waals surface area contributed by atoms with E-state index in [9.17, 15) is 5.11 Å². The number of benzene rings is 1. The summed E-state index contributed by atoms with van der Waals surface area (Å²) in [5, 5.41) is 12.5. The fourth-order valence-electron chi connectivity index (χ4n) is 2.52. The first-order valence-corrected chi connectivity index (χ1v) is 7.73. The summed E-state index contributed by atoms with van der Waals surface area (Å²) in [6.07, 6.45) is 8.40. The number of hydrogen-bond donors (Lipinski definition) is 0. The molecule has 1 saturated carbocycles. The summed E-state index contributed by atoms with van der Waals surface area (Å²) in [4.78, 5) is 8.50. The van der Waals surface area contributed by atoms with Crippen molar-refractivity contribution in [2.45, 2.75) is 44.9 Å². The molecular formula is C16H18ClN2O-. The highest BCUT2D eigenvalue weighted by molar-refractivity contribution is 6.31. The summed E-state index contributed by atoms with van der Waals surface area (Å²) in [6, 6.07) is 5.29. The Hall–Kier alpha value is -1.35. The van der Waals surface area contributed by atoms with Crippen LogP contribution in [-0.4, -0.2) is 9.97 Å². The van der Waals surface area contributed by atoms with Gasteiger partial charge >= 0.3 is 0 Å². The number of aryl methyl sites for hydroxylation is 1. The van der Waals surface area contributed by atoms with Gasteiger partial charge in [0.15, 0.2) is 0 Å². The Labute approximate surface area is 124 Å². The van der Waals surface area contributed by atoms with Gasteiger partial charge in [0.1, 0.15) is 0 Å². The zero-order valence-electron chi connectivity index (χ0n) is 11.4. The highest BCUT2D eigenvalue weighted by Gasteiger charge is 2.19. The first-order chi connectivity index (χ1) is 9.72. The number of nitrogens with zero attached hydrogens (tertiary/aromatic N) is 2. The molecule has 1 heterocycles. The Bertz CT molecular complexity index is 611. The average molecular weight is 290 g/mol. The Kier molecular flexibility index (Phi) is 4.06. The van der Waals surface area contributed by atoms with E-state index in [0.29, 0.717) is 16.2 Å². The Balaban J connectivity index is 1.61. The third kappa shape index (κ3) is 3.40. The number of halogens is 1. The van der Waals surface area contributed by atoms with Crippen LogP contribution in [0.3, 0.4) is 0 Å². The van der Waals surface area contributed by atoms with Crippen LogP contribution < -0.4 is 5.11 Å². The molecule has 3 rings (SSSR count). The summed E-state index contributed by atoms with van der Waals surface area (Å²) in [5.41, 5.74) is 1.92. The minimum Gasteiger partial charge on any atom is -0.857 e. The van der Waals surface area contributed by atoms with Crippen molar-refractivity contribution in [3.8, 4) is 5.88 Å². The minimum atomic E-state index is -0.207. The lowest BCUT2D eigenvalue weighted by Gasteiger charge is -2.12. The van der Waals surface area contributed by atoms with Gasteiger partial charge in [-0.3, -0.25) is 9.97 Å². The van der Waals surface area contributed by atoms with Crippen molar-refractivity contribution in [3.05, 3.63) is 28.9 Å². The molecule has 2 aromatic rings. The van der Waals surface area contributed by atoms with Crippen LogP contribution in [0, 0.1) is 5.92 Å². The van der Waals surface area contributed by atoms with Crippen LogP contribution in [0.5, 0.6) is 5.88 Å². The summed E-state index contributed by atoms with van der Waals surface area (Å²) in [7, 11) is 0. The summed E-state index contributed by atoms with van der Waals surface area (Å²) >= 11 is 5.89. The molecule has 1 aromatic carbocycles. The SMILES string of the molecule is [O-]c1nc2cc(Cl)ccc2nc1CCCCCC1CC1. The molecular weight excluding hydrogens is 272 g/mol. The highest BCUT2D eigenvalue weighted by atomic mass is 35.5. The topological polar surface area (TPSA) is 48.8 Å². The fourth-order valence-corrected chi connectivity index (χ4v) is 2.69. The maximum absolute atomic E-state index is 11.9. The number of aromatic nitrogens is 2. The van der Waals surface area contributed by atoms with Crippen molar-refractivity contribution in [1.82, 2.24) is 9.97 Å². The van der Waals surface area contributed by atoms with Gasteiger partial charge in [0.05, 0.1) is 16.7 Å². The standard InChI is InChI=1S/C16H19ClN2O/c17-12-8-9-13-15(10-12)19-16(20)14(18-13)5-3-1-2-4-11-6-7-11/h8-11H,1-7H2,(H,19,20)/p-1. The number of hydrogen-bond acceptors (Lipinski definition) is 3. The lowest BCUT2D eigenvalue weighted by Crippen LogP contribution is -2.04. The van der Waals surface area contributed by atoms with E-state index in [4.69, 9.17) is 11.6 Å². The maximum atomic E-state index is 11.9. The van der Waals surface area contributed by atoms with Crippen LogP contribution in [0.15, 0.2) is 18.2 Å². The summed E-state index contributed by atoms with van der Waals surface area (Å²) < 4.78 is 0. The molecule has 0 N–H and O–H groups in total. The molecule has 1 aliphatic carbocycles. The van der Waals surface area contributed by atoms with Gasteiger partial charge in [-0.15, -0.1) is 0 Å². The van der Waals surface area contributed by atoms with Crippen LogP contribution in [0.4, 0.5) is 0 Å². The normalized spacial score (nSPS) is 14.8. The van der Waals surface area contributed by atoms with Gasteiger partial charge in [-0.2, -0.15) is 0 Å². The van der Waals surface area contributed by atoms with E-state index >= 15 is 0 Å². The largest absolute Gasteiger partial charge is 0.857 e. The lowest BCUT2D eigenvalue weighted by atomic mass is 10.1. The molecule has 0 spiro atoms. The van der Waals surface area contributed by atoms with Crippen molar-refractivity contribution in [2.24, 2.45) is 5.92 Å². The molecule has 0 unspecified atom stereocenters. The number of fused-ring (bicyclic) bond motifs is 1. The minimum absolute atomic E-state index is 0.207. The van der Waals surface area contributed by atoms with E-state index in [1.54, 1.807) is 12.1 Å². The zero-order chi connectivity index (χ0) is 13.9. The molecule has 0 amide bonds. The molecule has 0 radical (unpaired) electrons. The van der Waals surface area contributed by atoms with E-state index in [1.165, 1.54) is 32.1 Å². The van der Waals surface area contributed by atoms with Crippen molar-refractivity contribution < 1.29 is 5.11 Å². The second kappa shape index (κ2) is 5.96. The average Bonchev–Trinajstić information content (AvgIpc) is 3.23. The molecule has 0 saturated heterocycles. The van der Waals surface area contributed by atoms with Crippen LogP contribution in [0.25, 0.3) is 11.0 Å². The highest BCUT2D eigenvalue weighted by Crippen LogP contribution is 2.34. The van der Waals surface area contributed by atoms with Gasteiger partial charge in [-0.05, 0) is 37.0 Å². The number of rotatable bonds is 6. The summed E-state index contributed by atoms with van der Waals surface area (Å²) in [6.45, 7) is 0. The monoisotopic (exact) mass is 289 g/mol. The fraction of sp³-hybridized carbons (Fsp3) is 0.500. The third-order valence-electron chi connectivity index (χ3n) is 3.88. The van der Waals surface area contributed by atoms with Gasteiger partial charge in [0, 0.05) is 10.9 Å². The molecule has 3 nitrogen and oxygen atoms in total. The molecule has 0 bridgehead atoms. The molecule has 1 aliphatic rings. The van der Waals surface area contributed by atoms with E-state index in [0.717, 1.165) is 24.3 Å². The quantitative estimate of drug-likeness (QED) is 0.759. The number of unbranched alkanes of at least 4 members (excludes halogenated alkanes) is 2. The molecule has 1 aromatic heterocycles. The first kappa shape index (κ1) is 13.6. The second-order valence-electron chi connectivity index (χ2n) is 5.65. The summed E-state index contributed by atoms with van der Waals surface area (Å²) in [5.74, 6) is 0.789. The van der Waals surface area contributed by atoms with Crippen LogP contribution in [-0.2, 0) is 6.42 Å². The Morgan fingerprint density at radius 1 is 1.10 bits per heavy atom. The predicted octanol–water partition coefficient (Wildman–Crippen LogP) is 3.87. The van der Waals surface area contributed by atoms with Gasteiger partial charge in [0.2, 0.25) is 0 Å². The van der Waals surface area contributed by atoms with Crippen molar-refractivity contribution in [3.63, 3.8) is 0 Å². The van der Waals surface area contributed by atoms with Gasteiger partial charge in [-0.25, -0.2) is 0 Å². The second-order valence-corrected chi connectivity index (χ2v) is 6.09. The third-order valence-corrected chi connectivity index (χ3v) is 4.12. The molecule has 1 fully saturated rings. The van der Waals surface area contributed by atoms with E-state index in [-0.39, 0.29) is 5.88 Å². The van der Waals surface area contributed by atoms with Crippen LogP contribution in [0.2, 0.25) is 5.02 Å². The molecule has 0 atom stereocenters. The molecule has 4 heteroatoms. The molecule has 106 valence electrons. The van der Waals surface area contributed by atoms with Crippen molar-refractivity contribution >= 4 is 22.6 Å². The van der Waals surface area contributed by atoms with Gasteiger partial charge < -0.3 is 5.11 Å². The lowest BCUT2D eigenvalue weighted by molar-refractivity contribution is -0.276. The molecule has 0 aliphatic heterocycles. The van der Waals surface area contributed by atoms with E-state index in [1.807, 2.05) is 6.07 Å². The maximum Gasteiger partial charge on any atom is 0.0894 e. The van der Waals surface area contributed by atoms with E-state index < -0.39 is 0 Å². The smallest absolute Gasteiger partial charge is 0.0894 e. The first-order valence-electron chi connectivity index (χ1n) is 7.35. The van der Waals surface area contributed by atoms with Crippen molar-refractivity contribution in [1.29, 1.82) is 0 Å².